The number of hydrogen-bond acceptors (Lipinski definition) is 8. The highest BCUT2D eigenvalue weighted by Crippen LogP contribution is 2.12. The molecule has 3 rings (SSSR count). The second-order valence-electron chi connectivity index (χ2n) is 8.50. The summed E-state index contributed by atoms with van der Waals surface area (Å²) in [6, 6.07) is 1.57. The first kappa shape index (κ1) is 26.6. The Hall–Kier alpha value is -3.97. The summed E-state index contributed by atoms with van der Waals surface area (Å²) >= 11 is 0. The molecule has 8 N–H and O–H groups in total. The van der Waals surface area contributed by atoms with E-state index >= 15 is 0 Å². The Kier molecular flexibility index (Phi) is 9.36. The molecule has 0 bridgehead atoms. The zero-order valence-electron chi connectivity index (χ0n) is 19.4. The van der Waals surface area contributed by atoms with Crippen LogP contribution in [0.4, 0.5) is 0 Å². The van der Waals surface area contributed by atoms with Gasteiger partial charge in [-0.05, 0) is 37.1 Å². The van der Waals surface area contributed by atoms with E-state index in [-0.39, 0.29) is 18.6 Å². The lowest BCUT2D eigenvalue weighted by Crippen LogP contribution is -2.58. The van der Waals surface area contributed by atoms with Gasteiger partial charge in [0.15, 0.2) is 0 Å². The molecule has 1 saturated heterocycles. The van der Waals surface area contributed by atoms with Gasteiger partial charge in [-0.3, -0.25) is 14.4 Å². The number of carbonyl (C=O) groups excluding carboxylic acids is 3. The number of phenols is 1. The van der Waals surface area contributed by atoms with E-state index in [4.69, 9.17) is 0 Å². The smallest absolute Gasteiger partial charge is 0.326 e. The van der Waals surface area contributed by atoms with Gasteiger partial charge in [0.1, 0.15) is 23.9 Å². The predicted octanol–water partition coefficient (Wildman–Crippen LogP) is -1.82. The van der Waals surface area contributed by atoms with E-state index in [9.17, 15) is 34.5 Å². The van der Waals surface area contributed by atoms with Crippen LogP contribution in [0.5, 0.6) is 5.75 Å². The highest BCUT2D eigenvalue weighted by Gasteiger charge is 2.31. The van der Waals surface area contributed by atoms with Crippen molar-refractivity contribution in [2.45, 2.75) is 49.9 Å². The minimum absolute atomic E-state index is 0.0197. The number of rotatable bonds is 12. The number of imidazole rings is 1. The second-order valence-corrected chi connectivity index (χ2v) is 8.50. The molecule has 13 heteroatoms. The summed E-state index contributed by atoms with van der Waals surface area (Å²) in [4.78, 5) is 56.8. The number of carbonyl (C=O) groups is 4. The van der Waals surface area contributed by atoms with Crippen LogP contribution in [0.25, 0.3) is 0 Å². The van der Waals surface area contributed by atoms with Crippen molar-refractivity contribution in [2.75, 3.05) is 13.2 Å². The number of hydrogen-bond donors (Lipinski definition) is 8. The van der Waals surface area contributed by atoms with Crippen LogP contribution < -0.4 is 21.3 Å². The molecule has 194 valence electrons. The first-order valence-electron chi connectivity index (χ1n) is 11.5. The summed E-state index contributed by atoms with van der Waals surface area (Å²) in [7, 11) is 0. The van der Waals surface area contributed by atoms with Crippen molar-refractivity contribution in [1.82, 2.24) is 31.2 Å². The van der Waals surface area contributed by atoms with Crippen molar-refractivity contribution in [3.63, 3.8) is 0 Å². The fourth-order valence-corrected chi connectivity index (χ4v) is 3.81. The number of nitrogens with one attached hydrogen (secondary N) is 5. The summed E-state index contributed by atoms with van der Waals surface area (Å²) in [5, 5.41) is 39.2. The average molecular weight is 503 g/mol. The highest BCUT2D eigenvalue weighted by molar-refractivity contribution is 5.94. The summed E-state index contributed by atoms with van der Waals surface area (Å²) in [5.74, 6) is -3.27. The van der Waals surface area contributed by atoms with Crippen LogP contribution in [0, 0.1) is 0 Å². The Morgan fingerprint density at radius 3 is 2.28 bits per heavy atom. The lowest BCUT2D eigenvalue weighted by molar-refractivity contribution is -0.142. The first-order valence-corrected chi connectivity index (χ1v) is 11.5. The molecule has 1 aliphatic rings. The SMILES string of the molecule is O=C(O)C(Cc1ccc(O)cc1)NC(=O)C(Cc1cnc[nH]1)NC(=O)C(CO)NC(=O)C1CCCN1. The largest absolute Gasteiger partial charge is 0.508 e. The molecule has 0 spiro atoms. The summed E-state index contributed by atoms with van der Waals surface area (Å²) in [5.41, 5.74) is 1.07. The van der Waals surface area contributed by atoms with Gasteiger partial charge in [-0.1, -0.05) is 12.1 Å². The number of benzene rings is 1. The van der Waals surface area contributed by atoms with E-state index < -0.39 is 54.5 Å². The number of carboxylic acids is 1. The van der Waals surface area contributed by atoms with E-state index in [1.165, 1.54) is 36.8 Å². The van der Waals surface area contributed by atoms with Crippen LogP contribution in [-0.2, 0) is 32.0 Å². The topological polar surface area (TPSA) is 206 Å². The van der Waals surface area contributed by atoms with Gasteiger partial charge in [-0.25, -0.2) is 9.78 Å². The Morgan fingerprint density at radius 2 is 1.69 bits per heavy atom. The third-order valence-electron chi connectivity index (χ3n) is 5.79. The van der Waals surface area contributed by atoms with E-state index in [1.807, 2.05) is 0 Å². The fraction of sp³-hybridized carbons (Fsp3) is 0.435. The number of aliphatic hydroxyl groups excluding tert-OH is 1. The number of aromatic hydroxyl groups is 1. The molecule has 13 nitrogen and oxygen atoms in total. The van der Waals surface area contributed by atoms with Crippen LogP contribution in [-0.4, -0.2) is 86.3 Å². The van der Waals surface area contributed by atoms with Gasteiger partial charge < -0.3 is 41.6 Å². The quantitative estimate of drug-likeness (QED) is 0.164. The van der Waals surface area contributed by atoms with Crippen LogP contribution in [0.15, 0.2) is 36.8 Å². The predicted molar refractivity (Wildman–Crippen MR) is 126 cm³/mol. The van der Waals surface area contributed by atoms with Crippen molar-refractivity contribution in [3.8, 4) is 5.75 Å². The molecule has 0 saturated carbocycles. The van der Waals surface area contributed by atoms with Crippen molar-refractivity contribution >= 4 is 23.7 Å². The van der Waals surface area contributed by atoms with Gasteiger partial charge in [0.25, 0.3) is 0 Å². The van der Waals surface area contributed by atoms with Gasteiger partial charge in [-0.15, -0.1) is 0 Å². The minimum atomic E-state index is -1.31. The normalized spacial score (nSPS) is 17.5. The molecule has 36 heavy (non-hydrogen) atoms. The van der Waals surface area contributed by atoms with Crippen molar-refractivity contribution in [1.29, 1.82) is 0 Å². The number of aliphatic hydroxyl groups is 1. The summed E-state index contributed by atoms with van der Waals surface area (Å²) in [6.45, 7) is -0.0172. The first-order chi connectivity index (χ1) is 17.3. The molecule has 3 amide bonds. The summed E-state index contributed by atoms with van der Waals surface area (Å²) in [6.07, 6.45) is 4.16. The summed E-state index contributed by atoms with van der Waals surface area (Å²) < 4.78 is 0. The Morgan fingerprint density at radius 1 is 1.00 bits per heavy atom. The minimum Gasteiger partial charge on any atom is -0.508 e. The van der Waals surface area contributed by atoms with E-state index in [0.29, 0.717) is 24.2 Å². The van der Waals surface area contributed by atoms with Gasteiger partial charge in [0.05, 0.1) is 19.0 Å². The molecular formula is C23H30N6O7. The van der Waals surface area contributed by atoms with Crippen molar-refractivity contribution < 1.29 is 34.5 Å². The van der Waals surface area contributed by atoms with Crippen LogP contribution in [0.1, 0.15) is 24.1 Å². The molecule has 1 aromatic heterocycles. The van der Waals surface area contributed by atoms with E-state index in [2.05, 4.69) is 31.2 Å². The lowest BCUT2D eigenvalue weighted by Gasteiger charge is -2.24. The Balaban J connectivity index is 1.69. The van der Waals surface area contributed by atoms with Gasteiger partial charge in [-0.2, -0.15) is 0 Å². The van der Waals surface area contributed by atoms with Crippen molar-refractivity contribution in [2.24, 2.45) is 0 Å². The van der Waals surface area contributed by atoms with Gasteiger partial charge in [0.2, 0.25) is 17.7 Å². The maximum atomic E-state index is 13.1. The van der Waals surface area contributed by atoms with E-state index in [1.54, 1.807) is 0 Å². The molecule has 4 unspecified atom stereocenters. The Bertz CT molecular complexity index is 1040. The molecule has 0 radical (unpaired) electrons. The van der Waals surface area contributed by atoms with Crippen LogP contribution >= 0.6 is 0 Å². The molecular weight excluding hydrogens is 472 g/mol. The lowest BCUT2D eigenvalue weighted by atomic mass is 10.0. The maximum Gasteiger partial charge on any atom is 0.326 e. The number of amides is 3. The number of aliphatic carboxylic acids is 1. The third-order valence-corrected chi connectivity index (χ3v) is 5.79. The maximum absolute atomic E-state index is 13.1. The van der Waals surface area contributed by atoms with Crippen LogP contribution in [0.3, 0.4) is 0 Å². The number of phenolic OH excluding ortho intramolecular Hbond substituents is 1. The molecule has 4 atom stereocenters. The molecule has 0 aliphatic carbocycles. The number of nitrogens with zero attached hydrogens (tertiary/aromatic N) is 1. The monoisotopic (exact) mass is 502 g/mol. The highest BCUT2D eigenvalue weighted by atomic mass is 16.4. The molecule has 1 fully saturated rings. The van der Waals surface area contributed by atoms with Crippen molar-refractivity contribution in [3.05, 3.63) is 48.0 Å². The standard InChI is InChI=1S/C23H30N6O7/c30-11-19(29-20(32)16-2-1-7-25-16)22(34)27-17(9-14-10-24-12-26-14)21(33)28-18(23(35)36)8-13-3-5-15(31)6-4-13/h3-6,10,12,16-19,25,30-31H,1-2,7-9,11H2,(H,24,26)(H,27,34)(H,28,33)(H,29,32)(H,35,36). The fourth-order valence-electron chi connectivity index (χ4n) is 3.81. The van der Waals surface area contributed by atoms with Crippen LogP contribution in [0.2, 0.25) is 0 Å². The van der Waals surface area contributed by atoms with Gasteiger partial charge in [0, 0.05) is 24.7 Å². The molecule has 1 aliphatic heterocycles. The molecule has 1 aromatic carbocycles. The number of aromatic amines is 1. The Labute approximate surface area is 206 Å². The second kappa shape index (κ2) is 12.7. The number of aromatic nitrogens is 2. The molecule has 2 aromatic rings. The van der Waals surface area contributed by atoms with E-state index in [0.717, 1.165) is 6.42 Å². The average Bonchev–Trinajstić information content (AvgIpc) is 3.57. The third kappa shape index (κ3) is 7.52. The zero-order chi connectivity index (χ0) is 26.1. The number of carboxylic acid groups (broad SMARTS) is 1. The molecule has 2 heterocycles. The van der Waals surface area contributed by atoms with Gasteiger partial charge >= 0.3 is 5.97 Å². The zero-order valence-corrected chi connectivity index (χ0v) is 19.4. The number of H-pyrrole nitrogens is 1.